The van der Waals surface area contributed by atoms with E-state index < -0.39 is 9.45 Å². The second-order valence-corrected chi connectivity index (χ2v) is 6.45. The van der Waals surface area contributed by atoms with Gasteiger partial charge in [-0.1, -0.05) is 34.1 Å². The fraction of sp³-hybridized carbons (Fsp3) is 1.00. The number of unbranched alkanes of at least 4 members (excludes halogenated alkanes) is 1. The minimum atomic E-state index is -1.60. The third-order valence-corrected chi connectivity index (χ3v) is 4.69. The van der Waals surface area contributed by atoms with Crippen molar-refractivity contribution in [2.24, 2.45) is 0 Å². The summed E-state index contributed by atoms with van der Waals surface area (Å²) >= 11 is 0. The Kier molecular flexibility index (Phi) is 12.6. The van der Waals surface area contributed by atoms with E-state index in [-0.39, 0.29) is 0 Å². The molecule has 0 aliphatic heterocycles. The molecule has 0 aromatic heterocycles. The van der Waals surface area contributed by atoms with E-state index >= 15 is 0 Å². The van der Waals surface area contributed by atoms with E-state index in [2.05, 4.69) is 32.3 Å². The van der Waals surface area contributed by atoms with Gasteiger partial charge in [-0.3, -0.25) is 4.57 Å². The van der Waals surface area contributed by atoms with Crippen molar-refractivity contribution in [2.45, 2.75) is 59.8 Å². The molecule has 0 heterocycles. The van der Waals surface area contributed by atoms with Crippen molar-refractivity contribution in [1.82, 2.24) is 4.57 Å². The molecule has 104 valence electrons. The van der Waals surface area contributed by atoms with Gasteiger partial charge in [0.2, 0.25) is 0 Å². The first-order chi connectivity index (χ1) is 8.29. The van der Waals surface area contributed by atoms with Gasteiger partial charge in [0.05, 0.1) is 0 Å². The van der Waals surface area contributed by atoms with Crippen LogP contribution in [-0.4, -0.2) is 40.3 Å². The Balaban J connectivity index is 4.20. The topological polar surface area (TPSA) is 21.7 Å². The lowest BCUT2D eigenvalue weighted by Gasteiger charge is -2.29. The fourth-order valence-corrected chi connectivity index (χ4v) is 3.92. The third kappa shape index (κ3) is 8.77. The first-order valence-electron chi connectivity index (χ1n) is 7.27. The summed E-state index contributed by atoms with van der Waals surface area (Å²) < 4.78 is 14.4. The Bertz CT molecular complexity index is 150. The van der Waals surface area contributed by atoms with Gasteiger partial charge in [-0.25, -0.2) is 0 Å². The Morgan fingerprint density at radius 3 is 1.76 bits per heavy atom. The smallest absolute Gasteiger partial charge is 0.385 e. The molecule has 17 heavy (non-hydrogen) atoms. The molecule has 0 rings (SSSR count). The average Bonchev–Trinajstić information content (AvgIpc) is 2.35. The predicted octanol–water partition coefficient (Wildman–Crippen LogP) is 3.07. The van der Waals surface area contributed by atoms with E-state index in [1.807, 2.05) is 0 Å². The van der Waals surface area contributed by atoms with Gasteiger partial charge in [-0.05, 0) is 38.8 Å². The van der Waals surface area contributed by atoms with Gasteiger partial charge in [-0.2, -0.15) is 0 Å². The zero-order valence-electron chi connectivity index (χ0n) is 12.2. The minimum absolute atomic E-state index is 0.840. The Morgan fingerprint density at radius 2 is 1.35 bits per heavy atom. The summed E-state index contributed by atoms with van der Waals surface area (Å²) in [4.78, 5) is 0. The van der Waals surface area contributed by atoms with Crippen LogP contribution in [0.15, 0.2) is 0 Å². The maximum atomic E-state index is 5.95. The van der Waals surface area contributed by atoms with Crippen molar-refractivity contribution in [3.63, 3.8) is 0 Å². The standard InChI is InChI=1S/C13H31NO2Si/c1-5-9-11-14(10-6-2)17(15-12-7-3)16-13-8-4/h17H,5-13H2,1-4H3. The zero-order valence-corrected chi connectivity index (χ0v) is 13.4. The van der Waals surface area contributed by atoms with Gasteiger partial charge in [0.15, 0.2) is 0 Å². The van der Waals surface area contributed by atoms with Crippen LogP contribution in [0.3, 0.4) is 0 Å². The van der Waals surface area contributed by atoms with Crippen LogP contribution in [-0.2, 0) is 8.85 Å². The van der Waals surface area contributed by atoms with Gasteiger partial charge < -0.3 is 8.85 Å². The lowest BCUT2D eigenvalue weighted by Crippen LogP contribution is -2.45. The first-order valence-corrected chi connectivity index (χ1v) is 8.73. The summed E-state index contributed by atoms with van der Waals surface area (Å²) in [5, 5.41) is 0. The van der Waals surface area contributed by atoms with E-state index in [0.717, 1.165) is 39.1 Å². The molecule has 0 N–H and O–H groups in total. The average molecular weight is 261 g/mol. The van der Waals surface area contributed by atoms with E-state index in [0.29, 0.717) is 0 Å². The summed E-state index contributed by atoms with van der Waals surface area (Å²) in [5.74, 6) is 0. The molecule has 0 saturated carbocycles. The highest BCUT2D eigenvalue weighted by Gasteiger charge is 2.22. The van der Waals surface area contributed by atoms with Crippen molar-refractivity contribution in [3.8, 4) is 0 Å². The van der Waals surface area contributed by atoms with Gasteiger partial charge in [0.1, 0.15) is 0 Å². The van der Waals surface area contributed by atoms with Crippen molar-refractivity contribution >= 4 is 9.45 Å². The van der Waals surface area contributed by atoms with Gasteiger partial charge in [0.25, 0.3) is 0 Å². The van der Waals surface area contributed by atoms with Crippen molar-refractivity contribution in [3.05, 3.63) is 0 Å². The molecule has 0 saturated heterocycles. The molecule has 0 bridgehead atoms. The molecule has 4 heteroatoms. The number of hydrogen-bond donors (Lipinski definition) is 0. The summed E-state index contributed by atoms with van der Waals surface area (Å²) in [6, 6.07) is 0. The van der Waals surface area contributed by atoms with Crippen LogP contribution in [0.4, 0.5) is 0 Å². The third-order valence-electron chi connectivity index (χ3n) is 2.54. The van der Waals surface area contributed by atoms with Crippen molar-refractivity contribution < 1.29 is 8.85 Å². The van der Waals surface area contributed by atoms with Crippen LogP contribution < -0.4 is 0 Å². The fourth-order valence-electron chi connectivity index (χ4n) is 1.67. The quantitative estimate of drug-likeness (QED) is 0.504. The predicted molar refractivity (Wildman–Crippen MR) is 76.4 cm³/mol. The Labute approximate surface area is 109 Å². The van der Waals surface area contributed by atoms with Gasteiger partial charge in [0, 0.05) is 13.2 Å². The summed E-state index contributed by atoms with van der Waals surface area (Å²) in [5.41, 5.74) is 0. The molecule has 0 fully saturated rings. The maximum absolute atomic E-state index is 5.95. The molecular weight excluding hydrogens is 230 g/mol. The molecule has 0 atom stereocenters. The van der Waals surface area contributed by atoms with E-state index in [1.54, 1.807) is 0 Å². The van der Waals surface area contributed by atoms with E-state index in [4.69, 9.17) is 8.85 Å². The second kappa shape index (κ2) is 12.6. The van der Waals surface area contributed by atoms with Crippen molar-refractivity contribution in [2.75, 3.05) is 26.3 Å². The van der Waals surface area contributed by atoms with Gasteiger partial charge in [-0.15, -0.1) is 0 Å². The molecule has 0 unspecified atom stereocenters. The lowest BCUT2D eigenvalue weighted by molar-refractivity contribution is 0.140. The van der Waals surface area contributed by atoms with E-state index in [9.17, 15) is 0 Å². The largest absolute Gasteiger partial charge is 0.411 e. The number of hydrogen-bond acceptors (Lipinski definition) is 3. The Hall–Kier alpha value is 0.0969. The monoisotopic (exact) mass is 261 g/mol. The van der Waals surface area contributed by atoms with Crippen LogP contribution in [0.1, 0.15) is 59.8 Å². The van der Waals surface area contributed by atoms with Crippen LogP contribution >= 0.6 is 0 Å². The van der Waals surface area contributed by atoms with Gasteiger partial charge >= 0.3 is 9.45 Å². The van der Waals surface area contributed by atoms with Crippen LogP contribution in [0.2, 0.25) is 0 Å². The molecule has 0 amide bonds. The molecule has 0 spiro atoms. The summed E-state index contributed by atoms with van der Waals surface area (Å²) in [6.07, 6.45) is 5.81. The van der Waals surface area contributed by atoms with Crippen molar-refractivity contribution in [1.29, 1.82) is 0 Å². The summed E-state index contributed by atoms with van der Waals surface area (Å²) in [7, 11) is -1.60. The normalized spacial score (nSPS) is 11.6. The molecule has 0 radical (unpaired) electrons. The van der Waals surface area contributed by atoms with E-state index in [1.165, 1.54) is 19.3 Å². The molecule has 0 aromatic rings. The zero-order chi connectivity index (χ0) is 12.9. The maximum Gasteiger partial charge on any atom is 0.411 e. The number of nitrogens with zero attached hydrogens (tertiary/aromatic N) is 1. The van der Waals surface area contributed by atoms with Crippen LogP contribution in [0.5, 0.6) is 0 Å². The molecule has 0 aliphatic carbocycles. The lowest BCUT2D eigenvalue weighted by atomic mass is 10.3. The highest BCUT2D eigenvalue weighted by Crippen LogP contribution is 2.05. The number of rotatable bonds is 12. The van der Waals surface area contributed by atoms with Crippen LogP contribution in [0.25, 0.3) is 0 Å². The molecular formula is C13H31NO2Si. The minimum Gasteiger partial charge on any atom is -0.385 e. The highest BCUT2D eigenvalue weighted by atomic mass is 28.3. The second-order valence-electron chi connectivity index (χ2n) is 4.44. The highest BCUT2D eigenvalue weighted by molar-refractivity contribution is 6.41. The summed E-state index contributed by atoms with van der Waals surface area (Å²) in [6.45, 7) is 12.7. The first kappa shape index (κ1) is 17.1. The molecule has 0 aromatic carbocycles. The molecule has 0 aliphatic rings. The van der Waals surface area contributed by atoms with Crippen LogP contribution in [0, 0.1) is 0 Å². The SMILES string of the molecule is CCCCN(CCC)[SiH](OCCC)OCCC. The molecule has 3 nitrogen and oxygen atoms in total. The Morgan fingerprint density at radius 1 is 0.765 bits per heavy atom.